The Bertz CT molecular complexity index is 435. The molecule has 2 aliphatic rings. The molecule has 0 bridgehead atoms. The second-order valence-corrected chi connectivity index (χ2v) is 5.72. The number of ether oxygens (including phenoxy) is 6. The highest BCUT2D eigenvalue weighted by molar-refractivity contribution is 5.67. The van der Waals surface area contributed by atoms with Crippen LogP contribution in [0.4, 0.5) is 0 Å². The highest BCUT2D eigenvalue weighted by atomic mass is 16.8. The quantitative estimate of drug-likeness (QED) is 0.690. The normalized spacial score (nSPS) is 37.0. The number of rotatable bonds is 3. The molecule has 0 radical (unpaired) electrons. The van der Waals surface area contributed by atoms with Crippen molar-refractivity contribution >= 4 is 11.9 Å². The van der Waals surface area contributed by atoms with Gasteiger partial charge in [-0.3, -0.25) is 9.59 Å². The minimum Gasteiger partial charge on any atom is -0.456 e. The van der Waals surface area contributed by atoms with E-state index in [1.54, 1.807) is 13.8 Å². The van der Waals surface area contributed by atoms with Crippen LogP contribution in [-0.4, -0.2) is 62.1 Å². The van der Waals surface area contributed by atoms with Gasteiger partial charge in [-0.25, -0.2) is 0 Å². The first kappa shape index (κ1) is 17.1. The minimum absolute atomic E-state index is 0.0101. The lowest BCUT2D eigenvalue weighted by Gasteiger charge is -2.28. The van der Waals surface area contributed by atoms with Crippen LogP contribution < -0.4 is 0 Å². The van der Waals surface area contributed by atoms with Crippen molar-refractivity contribution in [2.24, 2.45) is 0 Å². The fraction of sp³-hybridized carbons (Fsp3) is 0.857. The minimum atomic E-state index is -0.897. The highest BCUT2D eigenvalue weighted by Gasteiger charge is 2.55. The Morgan fingerprint density at radius 1 is 1.05 bits per heavy atom. The summed E-state index contributed by atoms with van der Waals surface area (Å²) in [6.45, 7) is 6.04. The number of fused-ring (bicyclic) bond motifs is 1. The summed E-state index contributed by atoms with van der Waals surface area (Å²) in [4.78, 5) is 22.7. The second-order valence-electron chi connectivity index (χ2n) is 5.72. The van der Waals surface area contributed by atoms with E-state index in [1.165, 1.54) is 21.0 Å². The lowest BCUT2D eigenvalue weighted by atomic mass is 10.0. The molecule has 0 aromatic carbocycles. The van der Waals surface area contributed by atoms with Gasteiger partial charge in [0, 0.05) is 21.0 Å². The third-order valence-electron chi connectivity index (χ3n) is 3.40. The molecule has 126 valence electrons. The third-order valence-corrected chi connectivity index (χ3v) is 3.40. The maximum absolute atomic E-state index is 11.4. The lowest BCUT2D eigenvalue weighted by Crippen LogP contribution is -2.48. The zero-order valence-corrected chi connectivity index (χ0v) is 13.4. The van der Waals surface area contributed by atoms with Crippen LogP contribution in [0.3, 0.4) is 0 Å². The maximum Gasteiger partial charge on any atom is 0.303 e. The van der Waals surface area contributed by atoms with Crippen molar-refractivity contribution in [1.82, 2.24) is 0 Å². The van der Waals surface area contributed by atoms with Gasteiger partial charge in [-0.15, -0.1) is 0 Å². The van der Waals surface area contributed by atoms with E-state index >= 15 is 0 Å². The molecule has 2 saturated heterocycles. The molecule has 2 fully saturated rings. The van der Waals surface area contributed by atoms with Gasteiger partial charge in [0.25, 0.3) is 0 Å². The first-order valence-electron chi connectivity index (χ1n) is 7.08. The topological polar surface area (TPSA) is 89.5 Å². The van der Waals surface area contributed by atoms with Crippen molar-refractivity contribution in [3.05, 3.63) is 0 Å². The van der Waals surface area contributed by atoms with E-state index in [2.05, 4.69) is 0 Å². The second kappa shape index (κ2) is 6.49. The Balaban J connectivity index is 2.31. The van der Waals surface area contributed by atoms with E-state index < -0.39 is 48.4 Å². The Hall–Kier alpha value is -1.22. The van der Waals surface area contributed by atoms with E-state index in [1.807, 2.05) is 0 Å². The Morgan fingerprint density at radius 2 is 1.64 bits per heavy atom. The van der Waals surface area contributed by atoms with Gasteiger partial charge in [-0.05, 0) is 13.8 Å². The number of esters is 2. The molecular weight excluding hydrogens is 296 g/mol. The molecule has 0 aromatic heterocycles. The molecule has 2 heterocycles. The van der Waals surface area contributed by atoms with E-state index in [9.17, 15) is 9.59 Å². The van der Waals surface area contributed by atoms with Gasteiger partial charge < -0.3 is 28.4 Å². The van der Waals surface area contributed by atoms with Gasteiger partial charge in [0.15, 0.2) is 24.3 Å². The molecule has 2 aliphatic heterocycles. The number of hydrogen-bond donors (Lipinski definition) is 0. The van der Waals surface area contributed by atoms with Crippen LogP contribution in [0.25, 0.3) is 0 Å². The summed E-state index contributed by atoms with van der Waals surface area (Å²) in [6.07, 6.45) is -3.63. The predicted octanol–water partition coefficient (Wildman–Crippen LogP) is 0.373. The molecular formula is C14H22O8. The fourth-order valence-electron chi connectivity index (χ4n) is 2.72. The van der Waals surface area contributed by atoms with Gasteiger partial charge in [0.2, 0.25) is 0 Å². The summed E-state index contributed by atoms with van der Waals surface area (Å²) < 4.78 is 33.1. The average molecular weight is 318 g/mol. The maximum atomic E-state index is 11.4. The molecule has 0 N–H and O–H groups in total. The van der Waals surface area contributed by atoms with Crippen LogP contribution in [0, 0.1) is 0 Å². The van der Waals surface area contributed by atoms with Gasteiger partial charge in [0.05, 0.1) is 6.61 Å². The molecule has 0 aromatic rings. The zero-order chi connectivity index (χ0) is 16.5. The molecule has 8 heteroatoms. The van der Waals surface area contributed by atoms with Crippen LogP contribution in [0.2, 0.25) is 0 Å². The Morgan fingerprint density at radius 3 is 2.18 bits per heavy atom. The zero-order valence-electron chi connectivity index (χ0n) is 13.4. The molecule has 0 spiro atoms. The molecule has 22 heavy (non-hydrogen) atoms. The summed E-state index contributed by atoms with van der Waals surface area (Å²) in [6, 6.07) is 0. The first-order chi connectivity index (χ1) is 10.2. The van der Waals surface area contributed by atoms with Crippen LogP contribution in [0.5, 0.6) is 0 Å². The van der Waals surface area contributed by atoms with Crippen molar-refractivity contribution in [1.29, 1.82) is 0 Å². The number of carbonyl (C=O) groups excluding carboxylic acids is 2. The van der Waals surface area contributed by atoms with Crippen LogP contribution in [-0.2, 0) is 38.0 Å². The van der Waals surface area contributed by atoms with Crippen molar-refractivity contribution in [2.45, 2.75) is 64.2 Å². The SMILES string of the molecule is CO[C@@H]1OC[C@@H](OC(C)=O)[C@@H](OC(C)=O)[C@@H]2OC(C)(C)O[C@@H]12. The van der Waals surface area contributed by atoms with Crippen LogP contribution >= 0.6 is 0 Å². The molecule has 0 amide bonds. The molecule has 5 atom stereocenters. The summed E-state index contributed by atoms with van der Waals surface area (Å²) >= 11 is 0. The van der Waals surface area contributed by atoms with Crippen LogP contribution in [0.15, 0.2) is 0 Å². The fourth-order valence-corrected chi connectivity index (χ4v) is 2.72. The number of methoxy groups -OCH3 is 1. The molecule has 0 saturated carbocycles. The van der Waals surface area contributed by atoms with Crippen molar-refractivity contribution in [3.63, 3.8) is 0 Å². The largest absolute Gasteiger partial charge is 0.456 e. The van der Waals surface area contributed by atoms with Gasteiger partial charge in [0.1, 0.15) is 12.2 Å². The third kappa shape index (κ3) is 3.75. The molecule has 2 rings (SSSR count). The molecule has 0 aliphatic carbocycles. The van der Waals surface area contributed by atoms with Gasteiger partial charge in [-0.2, -0.15) is 0 Å². The van der Waals surface area contributed by atoms with Crippen molar-refractivity contribution in [2.75, 3.05) is 13.7 Å². The number of carbonyl (C=O) groups is 2. The van der Waals surface area contributed by atoms with Crippen molar-refractivity contribution in [3.8, 4) is 0 Å². The molecule has 8 nitrogen and oxygen atoms in total. The lowest BCUT2D eigenvalue weighted by molar-refractivity contribution is -0.222. The van der Waals surface area contributed by atoms with Crippen molar-refractivity contribution < 1.29 is 38.0 Å². The average Bonchev–Trinajstić information content (AvgIpc) is 2.64. The Kier molecular flexibility index (Phi) is 5.06. The van der Waals surface area contributed by atoms with E-state index in [4.69, 9.17) is 28.4 Å². The Labute approximate surface area is 128 Å². The molecule has 0 unspecified atom stereocenters. The van der Waals surface area contributed by atoms with Crippen LogP contribution in [0.1, 0.15) is 27.7 Å². The summed E-state index contributed by atoms with van der Waals surface area (Å²) in [7, 11) is 1.48. The van der Waals surface area contributed by atoms with E-state index in [0.29, 0.717) is 0 Å². The summed E-state index contributed by atoms with van der Waals surface area (Å²) in [5.74, 6) is -1.91. The first-order valence-corrected chi connectivity index (χ1v) is 7.08. The van der Waals surface area contributed by atoms with E-state index in [-0.39, 0.29) is 6.61 Å². The van der Waals surface area contributed by atoms with Gasteiger partial charge in [-0.1, -0.05) is 0 Å². The predicted molar refractivity (Wildman–Crippen MR) is 71.7 cm³/mol. The smallest absolute Gasteiger partial charge is 0.303 e. The summed E-state index contributed by atoms with van der Waals surface area (Å²) in [5.41, 5.74) is 0. The monoisotopic (exact) mass is 318 g/mol. The summed E-state index contributed by atoms with van der Waals surface area (Å²) in [5, 5.41) is 0. The number of hydrogen-bond acceptors (Lipinski definition) is 8. The van der Waals surface area contributed by atoms with E-state index in [0.717, 1.165) is 0 Å². The standard InChI is InChI=1S/C14H22O8/c1-7(15)19-9-6-18-13(17-5)12-11(10(9)20-8(2)16)21-14(3,4)22-12/h9-13H,6H2,1-5H3/t9-,10-,11+,12-,13-/m1/s1. The van der Waals surface area contributed by atoms with Gasteiger partial charge >= 0.3 is 11.9 Å². The highest BCUT2D eigenvalue weighted by Crippen LogP contribution is 2.37.